The van der Waals surface area contributed by atoms with Crippen molar-refractivity contribution in [3.63, 3.8) is 0 Å². The molecule has 1 heterocycles. The second kappa shape index (κ2) is 4.41. The number of aromatic nitrogens is 1. The number of ether oxygens (including phenoxy) is 1. The monoisotopic (exact) mass is 231 g/mol. The number of fused-ring (bicyclic) bond motifs is 1. The maximum absolute atomic E-state index is 11.7. The zero-order valence-electron chi connectivity index (χ0n) is 9.77. The van der Waals surface area contributed by atoms with E-state index in [9.17, 15) is 9.59 Å². The Morgan fingerprint density at radius 3 is 2.76 bits per heavy atom. The lowest BCUT2D eigenvalue weighted by molar-refractivity contribution is -0.108. The van der Waals surface area contributed by atoms with Crippen molar-refractivity contribution in [3.8, 4) is 0 Å². The first-order valence-electron chi connectivity index (χ1n) is 5.30. The molecule has 88 valence electrons. The van der Waals surface area contributed by atoms with Gasteiger partial charge in [-0.25, -0.2) is 4.79 Å². The Balaban J connectivity index is 2.78. The SMILES string of the molecule is COC(=O)c1c(C)n(CC=O)c2ccccc12. The lowest BCUT2D eigenvalue weighted by atomic mass is 10.1. The molecule has 1 aromatic carbocycles. The molecule has 0 N–H and O–H groups in total. The van der Waals surface area contributed by atoms with Crippen molar-refractivity contribution in [2.45, 2.75) is 13.5 Å². The van der Waals surface area contributed by atoms with Crippen LogP contribution >= 0.6 is 0 Å². The molecule has 0 atom stereocenters. The molecule has 0 aliphatic heterocycles. The number of aldehydes is 1. The minimum atomic E-state index is -0.372. The number of hydrogen-bond donors (Lipinski definition) is 0. The van der Waals surface area contributed by atoms with E-state index >= 15 is 0 Å². The van der Waals surface area contributed by atoms with Crippen LogP contribution in [0.4, 0.5) is 0 Å². The number of nitrogens with zero attached hydrogens (tertiary/aromatic N) is 1. The van der Waals surface area contributed by atoms with E-state index in [0.717, 1.165) is 22.9 Å². The highest BCUT2D eigenvalue weighted by Crippen LogP contribution is 2.26. The van der Waals surface area contributed by atoms with Crippen LogP contribution in [0, 0.1) is 6.92 Å². The van der Waals surface area contributed by atoms with Crippen LogP contribution in [-0.4, -0.2) is 23.9 Å². The summed E-state index contributed by atoms with van der Waals surface area (Å²) in [7, 11) is 1.35. The largest absolute Gasteiger partial charge is 0.465 e. The molecule has 0 radical (unpaired) electrons. The Bertz CT molecular complexity index is 584. The highest BCUT2D eigenvalue weighted by Gasteiger charge is 2.19. The maximum atomic E-state index is 11.7. The van der Waals surface area contributed by atoms with Crippen LogP contribution in [0.3, 0.4) is 0 Å². The van der Waals surface area contributed by atoms with E-state index in [4.69, 9.17) is 4.74 Å². The van der Waals surface area contributed by atoms with Gasteiger partial charge in [0.15, 0.2) is 0 Å². The molecular formula is C13H13NO3. The van der Waals surface area contributed by atoms with Gasteiger partial charge in [-0.1, -0.05) is 18.2 Å². The minimum Gasteiger partial charge on any atom is -0.465 e. The number of para-hydroxylation sites is 1. The van der Waals surface area contributed by atoms with Crippen molar-refractivity contribution in [3.05, 3.63) is 35.5 Å². The van der Waals surface area contributed by atoms with E-state index in [2.05, 4.69) is 0 Å². The average molecular weight is 231 g/mol. The van der Waals surface area contributed by atoms with Crippen LogP contribution in [-0.2, 0) is 16.1 Å². The van der Waals surface area contributed by atoms with E-state index in [1.807, 2.05) is 35.8 Å². The fourth-order valence-corrected chi connectivity index (χ4v) is 2.10. The summed E-state index contributed by atoms with van der Waals surface area (Å²) in [5, 5.41) is 0.818. The van der Waals surface area contributed by atoms with E-state index in [1.54, 1.807) is 0 Å². The highest BCUT2D eigenvalue weighted by molar-refractivity contribution is 6.06. The molecule has 0 spiro atoms. The van der Waals surface area contributed by atoms with Crippen molar-refractivity contribution in [2.75, 3.05) is 7.11 Å². The zero-order chi connectivity index (χ0) is 12.4. The molecule has 0 unspecified atom stereocenters. The smallest absolute Gasteiger partial charge is 0.340 e. The van der Waals surface area contributed by atoms with Gasteiger partial charge >= 0.3 is 5.97 Å². The molecule has 0 fully saturated rings. The molecule has 4 nitrogen and oxygen atoms in total. The molecule has 0 saturated carbocycles. The molecule has 4 heteroatoms. The lowest BCUT2D eigenvalue weighted by Gasteiger charge is -2.03. The predicted molar refractivity (Wildman–Crippen MR) is 64.1 cm³/mol. The lowest BCUT2D eigenvalue weighted by Crippen LogP contribution is -2.06. The first-order valence-corrected chi connectivity index (χ1v) is 5.30. The molecule has 17 heavy (non-hydrogen) atoms. The Labute approximate surface area is 98.8 Å². The summed E-state index contributed by atoms with van der Waals surface area (Å²) in [5.74, 6) is -0.372. The molecule has 0 saturated heterocycles. The maximum Gasteiger partial charge on any atom is 0.340 e. The van der Waals surface area contributed by atoms with E-state index in [1.165, 1.54) is 7.11 Å². The summed E-state index contributed by atoms with van der Waals surface area (Å²) in [6.45, 7) is 2.05. The second-order valence-corrected chi connectivity index (χ2v) is 3.75. The summed E-state index contributed by atoms with van der Waals surface area (Å²) < 4.78 is 6.59. The van der Waals surface area contributed by atoms with Gasteiger partial charge in [0.1, 0.15) is 6.29 Å². The average Bonchev–Trinajstić information content (AvgIpc) is 2.63. The fraction of sp³-hybridized carbons (Fsp3) is 0.231. The van der Waals surface area contributed by atoms with Gasteiger partial charge in [0.25, 0.3) is 0 Å². The summed E-state index contributed by atoms with van der Waals surface area (Å²) >= 11 is 0. The van der Waals surface area contributed by atoms with E-state index in [-0.39, 0.29) is 12.5 Å². The number of hydrogen-bond acceptors (Lipinski definition) is 3. The van der Waals surface area contributed by atoms with Crippen molar-refractivity contribution >= 4 is 23.2 Å². The fourth-order valence-electron chi connectivity index (χ4n) is 2.10. The van der Waals surface area contributed by atoms with E-state index in [0.29, 0.717) is 5.56 Å². The van der Waals surface area contributed by atoms with Crippen LogP contribution in [0.5, 0.6) is 0 Å². The quantitative estimate of drug-likeness (QED) is 0.599. The highest BCUT2D eigenvalue weighted by atomic mass is 16.5. The molecular weight excluding hydrogens is 218 g/mol. The first kappa shape index (κ1) is 11.4. The number of benzene rings is 1. The third kappa shape index (κ3) is 1.71. The molecule has 2 rings (SSSR count). The summed E-state index contributed by atoms with van der Waals surface area (Å²) in [6, 6.07) is 7.48. The third-order valence-electron chi connectivity index (χ3n) is 2.88. The number of methoxy groups -OCH3 is 1. The minimum absolute atomic E-state index is 0.239. The Morgan fingerprint density at radius 2 is 2.12 bits per heavy atom. The van der Waals surface area contributed by atoms with Crippen LogP contribution in [0.25, 0.3) is 10.9 Å². The Morgan fingerprint density at radius 1 is 1.41 bits per heavy atom. The second-order valence-electron chi connectivity index (χ2n) is 3.75. The Kier molecular flexibility index (Phi) is 2.95. The van der Waals surface area contributed by atoms with Crippen LogP contribution < -0.4 is 0 Å². The molecule has 0 amide bonds. The first-order chi connectivity index (χ1) is 8.20. The summed E-state index contributed by atoms with van der Waals surface area (Å²) in [5.41, 5.74) is 2.16. The van der Waals surface area contributed by atoms with E-state index < -0.39 is 0 Å². The standard InChI is InChI=1S/C13H13NO3/c1-9-12(13(16)17-2)10-5-3-4-6-11(10)14(9)7-8-15/h3-6,8H,7H2,1-2H3. The van der Waals surface area contributed by atoms with Crippen molar-refractivity contribution in [2.24, 2.45) is 0 Å². The van der Waals surface area contributed by atoms with Gasteiger partial charge in [-0.3, -0.25) is 0 Å². The van der Waals surface area contributed by atoms with Gasteiger partial charge in [0, 0.05) is 16.6 Å². The van der Waals surface area contributed by atoms with Crippen LogP contribution in [0.2, 0.25) is 0 Å². The topological polar surface area (TPSA) is 48.3 Å². The molecule has 2 aromatic rings. The van der Waals surface area contributed by atoms with Gasteiger partial charge in [-0.2, -0.15) is 0 Å². The number of carbonyl (C=O) groups excluding carboxylic acids is 2. The number of rotatable bonds is 3. The van der Waals surface area contributed by atoms with Gasteiger partial charge in [-0.15, -0.1) is 0 Å². The Hall–Kier alpha value is -2.10. The molecule has 0 aliphatic rings. The van der Waals surface area contributed by atoms with Crippen LogP contribution in [0.1, 0.15) is 16.1 Å². The van der Waals surface area contributed by atoms with Gasteiger partial charge in [0.2, 0.25) is 0 Å². The molecule has 0 bridgehead atoms. The van der Waals surface area contributed by atoms with Crippen molar-refractivity contribution in [1.29, 1.82) is 0 Å². The van der Waals surface area contributed by atoms with Gasteiger partial charge in [-0.05, 0) is 13.0 Å². The third-order valence-corrected chi connectivity index (χ3v) is 2.88. The molecule has 1 aromatic heterocycles. The van der Waals surface area contributed by atoms with Crippen molar-refractivity contribution < 1.29 is 14.3 Å². The van der Waals surface area contributed by atoms with Crippen molar-refractivity contribution in [1.82, 2.24) is 4.57 Å². The number of carbonyl (C=O) groups is 2. The number of esters is 1. The van der Waals surface area contributed by atoms with Gasteiger partial charge in [0.05, 0.1) is 19.2 Å². The van der Waals surface area contributed by atoms with Crippen LogP contribution in [0.15, 0.2) is 24.3 Å². The van der Waals surface area contributed by atoms with Gasteiger partial charge < -0.3 is 14.1 Å². The molecule has 0 aliphatic carbocycles. The zero-order valence-corrected chi connectivity index (χ0v) is 9.77. The predicted octanol–water partition coefficient (Wildman–Crippen LogP) is 1.94. The summed E-state index contributed by atoms with van der Waals surface area (Å²) in [6.07, 6.45) is 0.820. The normalized spacial score (nSPS) is 10.5. The summed E-state index contributed by atoms with van der Waals surface area (Å²) in [4.78, 5) is 22.4.